The summed E-state index contributed by atoms with van der Waals surface area (Å²) in [5.41, 5.74) is 0. The SMILES string of the molecule is CCOP(=O)(CP(=O)(OCC)OCC)OC. The standard InChI is InChI=1S/C8H20O6P2/c1-5-12-15(9,11-4)8-16(10,13-6-2)14-7-3/h5-8H2,1-4H3. The van der Waals surface area contributed by atoms with E-state index in [1.165, 1.54) is 7.11 Å². The molecule has 0 radical (unpaired) electrons. The highest BCUT2D eigenvalue weighted by Gasteiger charge is 2.37. The number of hydrogen-bond acceptors (Lipinski definition) is 6. The van der Waals surface area contributed by atoms with Crippen molar-refractivity contribution in [2.75, 3.05) is 32.8 Å². The summed E-state index contributed by atoms with van der Waals surface area (Å²) in [4.78, 5) is 0. The molecule has 0 aromatic carbocycles. The fourth-order valence-electron chi connectivity index (χ4n) is 1.07. The minimum Gasteiger partial charge on any atom is -0.311 e. The molecule has 6 nitrogen and oxygen atoms in total. The second-order valence-corrected chi connectivity index (χ2v) is 7.51. The van der Waals surface area contributed by atoms with Crippen molar-refractivity contribution in [2.45, 2.75) is 20.8 Å². The third-order valence-corrected chi connectivity index (χ3v) is 6.88. The highest BCUT2D eigenvalue weighted by Crippen LogP contribution is 2.63. The molecule has 0 rings (SSSR count). The van der Waals surface area contributed by atoms with Crippen LogP contribution < -0.4 is 0 Å². The molecule has 0 aromatic heterocycles. The van der Waals surface area contributed by atoms with Crippen LogP contribution in [0.25, 0.3) is 0 Å². The molecule has 1 unspecified atom stereocenters. The fourth-order valence-corrected chi connectivity index (χ4v) is 5.57. The minimum atomic E-state index is -3.40. The van der Waals surface area contributed by atoms with Crippen molar-refractivity contribution in [3.05, 3.63) is 0 Å². The Morgan fingerprint density at radius 2 is 1.19 bits per heavy atom. The van der Waals surface area contributed by atoms with Gasteiger partial charge in [0.1, 0.15) is 0 Å². The van der Waals surface area contributed by atoms with E-state index < -0.39 is 15.2 Å². The molecular weight excluding hydrogens is 254 g/mol. The fraction of sp³-hybridized carbons (Fsp3) is 1.00. The first kappa shape index (κ1) is 16.3. The Morgan fingerprint density at radius 1 is 0.812 bits per heavy atom. The Morgan fingerprint density at radius 3 is 1.50 bits per heavy atom. The van der Waals surface area contributed by atoms with E-state index in [0.717, 1.165) is 0 Å². The predicted molar refractivity (Wildman–Crippen MR) is 62.0 cm³/mol. The predicted octanol–water partition coefficient (Wildman–Crippen LogP) is 3.09. The van der Waals surface area contributed by atoms with E-state index in [2.05, 4.69) is 0 Å². The van der Waals surface area contributed by atoms with Crippen LogP contribution in [0.1, 0.15) is 20.8 Å². The van der Waals surface area contributed by atoms with Crippen LogP contribution in [0.4, 0.5) is 0 Å². The van der Waals surface area contributed by atoms with E-state index in [1.807, 2.05) is 0 Å². The van der Waals surface area contributed by atoms with Crippen molar-refractivity contribution in [1.29, 1.82) is 0 Å². The van der Waals surface area contributed by atoms with Gasteiger partial charge in [0.2, 0.25) is 0 Å². The maximum atomic E-state index is 12.1. The van der Waals surface area contributed by atoms with E-state index in [0.29, 0.717) is 0 Å². The Kier molecular flexibility index (Phi) is 7.73. The molecule has 0 fully saturated rings. The van der Waals surface area contributed by atoms with Crippen molar-refractivity contribution in [3.8, 4) is 0 Å². The Bertz CT molecular complexity index is 270. The highest BCUT2D eigenvalue weighted by molar-refractivity contribution is 7.71. The number of rotatable bonds is 9. The average molecular weight is 274 g/mol. The lowest BCUT2D eigenvalue weighted by molar-refractivity contribution is 0.214. The molecule has 16 heavy (non-hydrogen) atoms. The van der Waals surface area contributed by atoms with Gasteiger partial charge in [-0.1, -0.05) is 0 Å². The molecule has 0 bridgehead atoms. The first-order valence-corrected chi connectivity index (χ1v) is 8.58. The van der Waals surface area contributed by atoms with Gasteiger partial charge < -0.3 is 18.1 Å². The molecule has 0 saturated heterocycles. The Labute approximate surface area is 96.7 Å². The van der Waals surface area contributed by atoms with Gasteiger partial charge in [-0.2, -0.15) is 0 Å². The van der Waals surface area contributed by atoms with E-state index >= 15 is 0 Å². The zero-order valence-electron chi connectivity index (χ0n) is 10.2. The van der Waals surface area contributed by atoms with Crippen LogP contribution in [-0.4, -0.2) is 32.8 Å². The third kappa shape index (κ3) is 5.58. The third-order valence-electron chi connectivity index (χ3n) is 1.60. The molecule has 0 amide bonds. The van der Waals surface area contributed by atoms with Crippen LogP contribution in [0.5, 0.6) is 0 Å². The lowest BCUT2D eigenvalue weighted by Crippen LogP contribution is -2.04. The molecular formula is C8H20O6P2. The minimum absolute atomic E-state index is 0.212. The van der Waals surface area contributed by atoms with Crippen molar-refractivity contribution in [1.82, 2.24) is 0 Å². The van der Waals surface area contributed by atoms with Crippen LogP contribution in [0, 0.1) is 0 Å². The molecule has 0 aromatic rings. The van der Waals surface area contributed by atoms with Gasteiger partial charge in [0, 0.05) is 7.11 Å². The van der Waals surface area contributed by atoms with Crippen molar-refractivity contribution in [3.63, 3.8) is 0 Å². The van der Waals surface area contributed by atoms with Gasteiger partial charge in [-0.25, -0.2) is 0 Å². The van der Waals surface area contributed by atoms with Crippen molar-refractivity contribution in [2.24, 2.45) is 0 Å². The first-order valence-electron chi connectivity index (χ1n) is 5.12. The molecule has 0 aliphatic heterocycles. The van der Waals surface area contributed by atoms with Crippen molar-refractivity contribution < 1.29 is 27.2 Å². The van der Waals surface area contributed by atoms with Gasteiger partial charge in [0.05, 0.1) is 19.8 Å². The van der Waals surface area contributed by atoms with E-state index in [4.69, 9.17) is 18.1 Å². The van der Waals surface area contributed by atoms with E-state index in [9.17, 15) is 9.13 Å². The highest BCUT2D eigenvalue weighted by atomic mass is 31.2. The maximum absolute atomic E-state index is 12.1. The molecule has 0 N–H and O–H groups in total. The van der Waals surface area contributed by atoms with Gasteiger partial charge in [-0.05, 0) is 20.8 Å². The molecule has 1 atom stereocenters. The molecule has 0 saturated carbocycles. The van der Waals surface area contributed by atoms with Crippen LogP contribution in [-0.2, 0) is 27.2 Å². The smallest absolute Gasteiger partial charge is 0.311 e. The maximum Gasteiger partial charge on any atom is 0.342 e. The van der Waals surface area contributed by atoms with Crippen LogP contribution in [0.2, 0.25) is 0 Å². The van der Waals surface area contributed by atoms with Crippen LogP contribution in [0.3, 0.4) is 0 Å². The summed E-state index contributed by atoms with van der Waals surface area (Å²) in [5.74, 6) is -0.355. The van der Waals surface area contributed by atoms with Gasteiger partial charge in [0.15, 0.2) is 5.90 Å². The zero-order valence-corrected chi connectivity index (χ0v) is 12.0. The van der Waals surface area contributed by atoms with Crippen LogP contribution >= 0.6 is 15.2 Å². The molecule has 0 spiro atoms. The average Bonchev–Trinajstić information content (AvgIpc) is 2.18. The Hall–Kier alpha value is 0.300. The van der Waals surface area contributed by atoms with Gasteiger partial charge in [-0.15, -0.1) is 0 Å². The molecule has 0 heterocycles. The summed E-state index contributed by atoms with van der Waals surface area (Å²) in [5, 5.41) is 0. The quantitative estimate of drug-likeness (QED) is 0.602. The Balaban J connectivity index is 4.71. The second-order valence-electron chi connectivity index (χ2n) is 2.80. The summed E-state index contributed by atoms with van der Waals surface area (Å²) in [6.45, 7) is 5.69. The first-order chi connectivity index (χ1) is 7.45. The summed E-state index contributed by atoms with van der Waals surface area (Å²) >= 11 is 0. The van der Waals surface area contributed by atoms with E-state index in [-0.39, 0.29) is 25.7 Å². The zero-order chi connectivity index (χ0) is 12.7. The normalized spacial score (nSPS) is 16.0. The summed E-state index contributed by atoms with van der Waals surface area (Å²) in [7, 11) is -5.55. The summed E-state index contributed by atoms with van der Waals surface area (Å²) in [6, 6.07) is 0. The molecule has 0 aliphatic carbocycles. The van der Waals surface area contributed by atoms with Gasteiger partial charge in [-0.3, -0.25) is 9.13 Å². The summed E-state index contributed by atoms with van der Waals surface area (Å²) in [6.07, 6.45) is 0. The largest absolute Gasteiger partial charge is 0.342 e. The molecule has 8 heteroatoms. The second kappa shape index (κ2) is 7.59. The lowest BCUT2D eigenvalue weighted by Gasteiger charge is -2.21. The topological polar surface area (TPSA) is 71.1 Å². The number of hydrogen-bond donors (Lipinski definition) is 0. The monoisotopic (exact) mass is 274 g/mol. The molecule has 98 valence electrons. The van der Waals surface area contributed by atoms with Gasteiger partial charge >= 0.3 is 15.2 Å². The van der Waals surface area contributed by atoms with Gasteiger partial charge in [0.25, 0.3) is 0 Å². The lowest BCUT2D eigenvalue weighted by atomic mass is 10.9. The van der Waals surface area contributed by atoms with Crippen molar-refractivity contribution >= 4 is 15.2 Å². The van der Waals surface area contributed by atoms with E-state index in [1.54, 1.807) is 20.8 Å². The molecule has 0 aliphatic rings. The van der Waals surface area contributed by atoms with Crippen LogP contribution in [0.15, 0.2) is 0 Å². The summed E-state index contributed by atoms with van der Waals surface area (Å²) < 4.78 is 43.8.